The van der Waals surface area contributed by atoms with Crippen molar-refractivity contribution in [2.75, 3.05) is 5.75 Å². The Labute approximate surface area is 154 Å². The highest BCUT2D eigenvalue weighted by Crippen LogP contribution is 2.16. The summed E-state index contributed by atoms with van der Waals surface area (Å²) in [5.74, 6) is 0.199. The number of carbonyl (C=O) groups excluding carboxylic acids is 1. The Kier molecular flexibility index (Phi) is 11.5. The molecule has 0 unspecified atom stereocenters. The van der Waals surface area contributed by atoms with Gasteiger partial charge in [-0.25, -0.2) is 8.42 Å². The summed E-state index contributed by atoms with van der Waals surface area (Å²) < 4.78 is 24.5. The standard InChI is InChI=1S/C21H34O3S/c1-2-3-4-5-6-7-8-9-10-11-12-13-18-25(23,24)21-16-14-20(19-22)15-17-21/h14-17,19H,2-13,18H2,1H3. The van der Waals surface area contributed by atoms with Crippen LogP contribution in [0.25, 0.3) is 0 Å². The minimum Gasteiger partial charge on any atom is -0.298 e. The molecule has 4 heteroatoms. The van der Waals surface area contributed by atoms with Gasteiger partial charge in [-0.1, -0.05) is 89.7 Å². The van der Waals surface area contributed by atoms with Crippen LogP contribution in [0.4, 0.5) is 0 Å². The number of unbranched alkanes of at least 4 members (excludes halogenated alkanes) is 11. The van der Waals surface area contributed by atoms with Gasteiger partial charge in [-0.3, -0.25) is 4.79 Å². The van der Waals surface area contributed by atoms with Crippen LogP contribution in [0.3, 0.4) is 0 Å². The van der Waals surface area contributed by atoms with Crippen LogP contribution >= 0.6 is 0 Å². The van der Waals surface area contributed by atoms with Crippen molar-refractivity contribution in [1.29, 1.82) is 0 Å². The minimum atomic E-state index is -3.21. The summed E-state index contributed by atoms with van der Waals surface area (Å²) >= 11 is 0. The number of carbonyl (C=O) groups is 1. The van der Waals surface area contributed by atoms with Gasteiger partial charge in [0.05, 0.1) is 10.6 Å². The Balaban J connectivity index is 2.05. The molecule has 0 bridgehead atoms. The number of hydrogen-bond donors (Lipinski definition) is 0. The van der Waals surface area contributed by atoms with Crippen LogP contribution in [0.2, 0.25) is 0 Å². The fourth-order valence-electron chi connectivity index (χ4n) is 3.00. The minimum absolute atomic E-state index is 0.199. The Hall–Kier alpha value is -1.16. The molecule has 3 nitrogen and oxygen atoms in total. The number of benzene rings is 1. The van der Waals surface area contributed by atoms with Crippen LogP contribution in [0.1, 0.15) is 94.3 Å². The normalized spacial score (nSPS) is 11.6. The smallest absolute Gasteiger partial charge is 0.178 e. The van der Waals surface area contributed by atoms with Gasteiger partial charge in [0.15, 0.2) is 9.84 Å². The van der Waals surface area contributed by atoms with Crippen molar-refractivity contribution in [3.63, 3.8) is 0 Å². The van der Waals surface area contributed by atoms with Crippen LogP contribution in [-0.4, -0.2) is 20.5 Å². The van der Waals surface area contributed by atoms with Crippen molar-refractivity contribution in [2.45, 2.75) is 88.9 Å². The molecule has 0 aliphatic carbocycles. The van der Waals surface area contributed by atoms with E-state index in [0.717, 1.165) is 25.5 Å². The molecule has 0 saturated carbocycles. The highest BCUT2D eigenvalue weighted by atomic mass is 32.2. The van der Waals surface area contributed by atoms with E-state index in [9.17, 15) is 13.2 Å². The molecule has 0 saturated heterocycles. The van der Waals surface area contributed by atoms with Gasteiger partial charge in [0.25, 0.3) is 0 Å². The third kappa shape index (κ3) is 9.78. The maximum absolute atomic E-state index is 12.2. The van der Waals surface area contributed by atoms with Gasteiger partial charge < -0.3 is 0 Å². The lowest BCUT2D eigenvalue weighted by Crippen LogP contribution is -2.06. The van der Waals surface area contributed by atoms with Crippen molar-refractivity contribution in [3.8, 4) is 0 Å². The van der Waals surface area contributed by atoms with Gasteiger partial charge in [0.1, 0.15) is 6.29 Å². The Morgan fingerprint density at radius 2 is 1.16 bits per heavy atom. The highest BCUT2D eigenvalue weighted by Gasteiger charge is 2.13. The Morgan fingerprint density at radius 3 is 1.60 bits per heavy atom. The molecule has 0 atom stereocenters. The second-order valence-corrected chi connectivity index (χ2v) is 9.00. The molecule has 1 rings (SSSR count). The second kappa shape index (κ2) is 13.1. The van der Waals surface area contributed by atoms with Gasteiger partial charge in [0, 0.05) is 5.56 Å². The molecule has 0 aliphatic heterocycles. The zero-order valence-corrected chi connectivity index (χ0v) is 16.5. The van der Waals surface area contributed by atoms with E-state index >= 15 is 0 Å². The third-order valence-electron chi connectivity index (χ3n) is 4.64. The van der Waals surface area contributed by atoms with Crippen LogP contribution in [0.5, 0.6) is 0 Å². The van der Waals surface area contributed by atoms with Crippen molar-refractivity contribution < 1.29 is 13.2 Å². The molecule has 0 aliphatic rings. The first kappa shape index (κ1) is 21.9. The van der Waals surface area contributed by atoms with E-state index in [2.05, 4.69) is 6.92 Å². The van der Waals surface area contributed by atoms with Crippen LogP contribution in [0, 0.1) is 0 Å². The van der Waals surface area contributed by atoms with Gasteiger partial charge in [-0.15, -0.1) is 0 Å². The average molecular weight is 367 g/mol. The molecule has 0 fully saturated rings. The van der Waals surface area contributed by atoms with Gasteiger partial charge in [-0.2, -0.15) is 0 Å². The molecule has 0 aromatic heterocycles. The summed E-state index contributed by atoms with van der Waals surface area (Å²) in [7, 11) is -3.21. The van der Waals surface area contributed by atoms with E-state index < -0.39 is 9.84 Å². The first-order valence-electron chi connectivity index (χ1n) is 9.88. The molecule has 142 valence electrons. The molecule has 0 amide bonds. The molecule has 0 heterocycles. The second-order valence-electron chi connectivity index (χ2n) is 6.89. The summed E-state index contributed by atoms with van der Waals surface area (Å²) in [5.41, 5.74) is 0.504. The molecular formula is C21H34O3S. The first-order chi connectivity index (χ1) is 12.1. The third-order valence-corrected chi connectivity index (χ3v) is 6.46. The Bertz CT molecular complexity index is 561. The van der Waals surface area contributed by atoms with E-state index in [1.54, 1.807) is 12.1 Å². The van der Waals surface area contributed by atoms with Crippen LogP contribution in [0.15, 0.2) is 29.2 Å². The number of aldehydes is 1. The fraction of sp³-hybridized carbons (Fsp3) is 0.667. The first-order valence-corrected chi connectivity index (χ1v) is 11.5. The molecule has 0 spiro atoms. The molecule has 0 N–H and O–H groups in total. The zero-order chi connectivity index (χ0) is 18.4. The summed E-state index contributed by atoms with van der Waals surface area (Å²) in [6.07, 6.45) is 15.5. The molecule has 25 heavy (non-hydrogen) atoms. The van der Waals surface area contributed by atoms with Gasteiger partial charge in [-0.05, 0) is 18.6 Å². The molecular weight excluding hydrogens is 332 g/mol. The van der Waals surface area contributed by atoms with E-state index in [1.165, 1.54) is 69.9 Å². The molecule has 1 aromatic carbocycles. The van der Waals surface area contributed by atoms with Crippen LogP contribution in [-0.2, 0) is 9.84 Å². The summed E-state index contributed by atoms with van der Waals surface area (Å²) in [6, 6.07) is 6.17. The number of sulfone groups is 1. The quantitative estimate of drug-likeness (QED) is 0.284. The maximum atomic E-state index is 12.2. The van der Waals surface area contributed by atoms with Gasteiger partial charge >= 0.3 is 0 Å². The predicted octanol–water partition coefficient (Wildman–Crippen LogP) is 5.97. The largest absolute Gasteiger partial charge is 0.298 e. The van der Waals surface area contributed by atoms with E-state index in [1.807, 2.05) is 0 Å². The number of rotatable bonds is 15. The monoisotopic (exact) mass is 366 g/mol. The van der Waals surface area contributed by atoms with Crippen molar-refractivity contribution in [2.24, 2.45) is 0 Å². The van der Waals surface area contributed by atoms with Gasteiger partial charge in [0.2, 0.25) is 0 Å². The topological polar surface area (TPSA) is 51.2 Å². The lowest BCUT2D eigenvalue weighted by Gasteiger charge is -2.05. The van der Waals surface area contributed by atoms with Crippen molar-refractivity contribution >= 4 is 16.1 Å². The van der Waals surface area contributed by atoms with Crippen LogP contribution < -0.4 is 0 Å². The molecule has 0 radical (unpaired) electrons. The van der Waals surface area contributed by atoms with E-state index in [4.69, 9.17) is 0 Å². The van der Waals surface area contributed by atoms with E-state index in [-0.39, 0.29) is 5.75 Å². The summed E-state index contributed by atoms with van der Waals surface area (Å²) in [5, 5.41) is 0. The molecule has 1 aromatic rings. The lowest BCUT2D eigenvalue weighted by molar-refractivity contribution is 0.112. The zero-order valence-electron chi connectivity index (χ0n) is 15.7. The van der Waals surface area contributed by atoms with Crippen molar-refractivity contribution in [1.82, 2.24) is 0 Å². The summed E-state index contributed by atoms with van der Waals surface area (Å²) in [4.78, 5) is 10.9. The SMILES string of the molecule is CCCCCCCCCCCCCCS(=O)(=O)c1ccc(C=O)cc1. The predicted molar refractivity (Wildman–Crippen MR) is 105 cm³/mol. The van der Waals surface area contributed by atoms with E-state index in [0.29, 0.717) is 10.5 Å². The van der Waals surface area contributed by atoms with Crippen molar-refractivity contribution in [3.05, 3.63) is 29.8 Å². The maximum Gasteiger partial charge on any atom is 0.178 e. The summed E-state index contributed by atoms with van der Waals surface area (Å²) in [6.45, 7) is 2.24. The highest BCUT2D eigenvalue weighted by molar-refractivity contribution is 7.91. The average Bonchev–Trinajstić information content (AvgIpc) is 2.62. The fourth-order valence-corrected chi connectivity index (χ4v) is 4.38. The Morgan fingerprint density at radius 1 is 0.720 bits per heavy atom. The lowest BCUT2D eigenvalue weighted by atomic mass is 10.1. The number of hydrogen-bond acceptors (Lipinski definition) is 3.